The fourth-order valence-corrected chi connectivity index (χ4v) is 2.41. The second-order valence-corrected chi connectivity index (χ2v) is 5.06. The van der Waals surface area contributed by atoms with Crippen molar-refractivity contribution in [2.24, 2.45) is 4.99 Å². The molecule has 0 saturated heterocycles. The van der Waals surface area contributed by atoms with Crippen LogP contribution in [0.1, 0.15) is 4.88 Å². The van der Waals surface area contributed by atoms with E-state index in [4.69, 9.17) is 0 Å². The number of aliphatic imine (C=N–C) groups is 1. The van der Waals surface area contributed by atoms with Gasteiger partial charge in [0.2, 0.25) is 0 Å². The van der Waals surface area contributed by atoms with Crippen molar-refractivity contribution in [1.82, 2.24) is 20.4 Å². The van der Waals surface area contributed by atoms with Crippen molar-refractivity contribution in [3.8, 4) is 0 Å². The summed E-state index contributed by atoms with van der Waals surface area (Å²) in [6.07, 6.45) is 4.76. The average molecular weight is 405 g/mol. The van der Waals surface area contributed by atoms with Crippen LogP contribution >= 0.6 is 35.3 Å². The van der Waals surface area contributed by atoms with Crippen molar-refractivity contribution in [3.05, 3.63) is 40.8 Å². The Morgan fingerprint density at radius 2 is 2.20 bits per heavy atom. The number of aromatic nitrogens is 2. The number of nitrogens with one attached hydrogen (secondary N) is 2. The van der Waals surface area contributed by atoms with E-state index in [1.807, 2.05) is 16.9 Å². The number of halogens is 1. The Balaban J connectivity index is 0.00000200. The summed E-state index contributed by atoms with van der Waals surface area (Å²) < 4.78 is 1.89. The van der Waals surface area contributed by atoms with Crippen LogP contribution in [0.3, 0.4) is 0 Å². The number of guanidine groups is 1. The normalized spacial score (nSPS) is 10.9. The summed E-state index contributed by atoms with van der Waals surface area (Å²) in [4.78, 5) is 5.58. The molecular weight excluding hydrogens is 385 g/mol. The van der Waals surface area contributed by atoms with E-state index in [-0.39, 0.29) is 24.0 Å². The molecule has 2 N–H and O–H groups in total. The zero-order chi connectivity index (χ0) is 13.3. The van der Waals surface area contributed by atoms with Crippen molar-refractivity contribution in [2.75, 3.05) is 20.1 Å². The highest BCUT2D eigenvalue weighted by molar-refractivity contribution is 14.0. The molecule has 2 aromatic heterocycles. The first-order valence-electron chi connectivity index (χ1n) is 6.33. The third-order valence-electron chi connectivity index (χ3n) is 2.66. The van der Waals surface area contributed by atoms with Gasteiger partial charge >= 0.3 is 0 Å². The van der Waals surface area contributed by atoms with Gasteiger partial charge in [-0.15, -0.1) is 35.3 Å². The predicted molar refractivity (Wildman–Crippen MR) is 95.0 cm³/mol. The summed E-state index contributed by atoms with van der Waals surface area (Å²) in [5.41, 5.74) is 0. The maximum Gasteiger partial charge on any atom is 0.191 e. The first-order valence-corrected chi connectivity index (χ1v) is 7.21. The molecule has 0 unspecified atom stereocenters. The van der Waals surface area contributed by atoms with E-state index in [1.165, 1.54) is 4.88 Å². The van der Waals surface area contributed by atoms with Gasteiger partial charge in [-0.3, -0.25) is 9.67 Å². The second kappa shape index (κ2) is 9.76. The number of thiophene rings is 1. The van der Waals surface area contributed by atoms with Crippen LogP contribution in [0.15, 0.2) is 41.0 Å². The molecule has 7 heteroatoms. The van der Waals surface area contributed by atoms with Gasteiger partial charge in [0, 0.05) is 37.4 Å². The van der Waals surface area contributed by atoms with E-state index in [1.54, 1.807) is 24.6 Å². The minimum absolute atomic E-state index is 0. The van der Waals surface area contributed by atoms with E-state index >= 15 is 0 Å². The van der Waals surface area contributed by atoms with Crippen LogP contribution in [0.4, 0.5) is 0 Å². The highest BCUT2D eigenvalue weighted by Crippen LogP contribution is 2.07. The molecule has 0 aliphatic rings. The van der Waals surface area contributed by atoms with Crippen LogP contribution in [0.25, 0.3) is 0 Å². The molecule has 0 fully saturated rings. The summed E-state index contributed by atoms with van der Waals surface area (Å²) in [6, 6.07) is 6.16. The Morgan fingerprint density at radius 3 is 2.85 bits per heavy atom. The zero-order valence-electron chi connectivity index (χ0n) is 11.5. The van der Waals surface area contributed by atoms with Crippen LogP contribution in [0, 0.1) is 0 Å². The molecule has 2 heterocycles. The standard InChI is InChI=1S/C13H19N5S.HI/c1-14-13(15-7-5-12-4-2-11-19-12)16-8-10-18-9-3-6-17-18;/h2-4,6,9,11H,5,7-8,10H2,1H3,(H2,14,15,16);1H. The molecule has 0 aliphatic carbocycles. The maximum absolute atomic E-state index is 4.19. The van der Waals surface area contributed by atoms with Gasteiger partial charge in [-0.25, -0.2) is 0 Å². The summed E-state index contributed by atoms with van der Waals surface area (Å²) in [5, 5.41) is 12.8. The van der Waals surface area contributed by atoms with Gasteiger partial charge < -0.3 is 10.6 Å². The molecule has 110 valence electrons. The van der Waals surface area contributed by atoms with Crippen LogP contribution in [0.2, 0.25) is 0 Å². The molecule has 0 spiro atoms. The van der Waals surface area contributed by atoms with Crippen LogP contribution in [-0.2, 0) is 13.0 Å². The summed E-state index contributed by atoms with van der Waals surface area (Å²) in [6.45, 7) is 2.53. The van der Waals surface area contributed by atoms with Gasteiger partial charge in [0.25, 0.3) is 0 Å². The maximum atomic E-state index is 4.19. The number of nitrogens with zero attached hydrogens (tertiary/aromatic N) is 3. The van der Waals surface area contributed by atoms with Crippen molar-refractivity contribution in [2.45, 2.75) is 13.0 Å². The highest BCUT2D eigenvalue weighted by atomic mass is 127. The lowest BCUT2D eigenvalue weighted by molar-refractivity contribution is 0.598. The zero-order valence-corrected chi connectivity index (χ0v) is 14.6. The molecule has 0 bridgehead atoms. The number of rotatable bonds is 6. The summed E-state index contributed by atoms with van der Waals surface area (Å²) in [5.74, 6) is 0.837. The van der Waals surface area contributed by atoms with E-state index in [0.29, 0.717) is 0 Å². The van der Waals surface area contributed by atoms with Gasteiger partial charge in [-0.1, -0.05) is 6.07 Å². The van der Waals surface area contributed by atoms with Crippen molar-refractivity contribution in [3.63, 3.8) is 0 Å². The molecular formula is C13H20IN5S. The van der Waals surface area contributed by atoms with Crippen LogP contribution in [-0.4, -0.2) is 35.9 Å². The van der Waals surface area contributed by atoms with Crippen LogP contribution < -0.4 is 10.6 Å². The lowest BCUT2D eigenvalue weighted by atomic mass is 10.3. The number of hydrogen-bond acceptors (Lipinski definition) is 3. The third-order valence-corrected chi connectivity index (χ3v) is 3.60. The molecule has 0 aliphatic heterocycles. The Hall–Kier alpha value is -1.09. The molecule has 0 atom stereocenters. The SMILES string of the molecule is CN=C(NCCc1cccs1)NCCn1cccn1.I. The molecule has 20 heavy (non-hydrogen) atoms. The quantitative estimate of drug-likeness (QED) is 0.439. The van der Waals surface area contributed by atoms with Gasteiger partial charge in [-0.2, -0.15) is 5.10 Å². The fourth-order valence-electron chi connectivity index (χ4n) is 1.70. The smallest absolute Gasteiger partial charge is 0.191 e. The lowest BCUT2D eigenvalue weighted by Crippen LogP contribution is -2.39. The third kappa shape index (κ3) is 5.91. The topological polar surface area (TPSA) is 54.2 Å². The molecule has 2 rings (SSSR count). The van der Waals surface area contributed by atoms with Gasteiger partial charge in [0.15, 0.2) is 5.96 Å². The Morgan fingerprint density at radius 1 is 1.35 bits per heavy atom. The highest BCUT2D eigenvalue weighted by Gasteiger charge is 1.98. The average Bonchev–Trinajstić information content (AvgIpc) is 3.10. The first kappa shape index (κ1) is 17.0. The molecule has 0 saturated carbocycles. The Kier molecular flexibility index (Phi) is 8.28. The fraction of sp³-hybridized carbons (Fsp3) is 0.385. The van der Waals surface area contributed by atoms with Crippen LogP contribution in [0.5, 0.6) is 0 Å². The Bertz CT molecular complexity index is 439. The van der Waals surface area contributed by atoms with E-state index in [2.05, 4.69) is 38.2 Å². The van der Waals surface area contributed by atoms with Crippen molar-refractivity contribution in [1.29, 1.82) is 0 Å². The summed E-state index contributed by atoms with van der Waals surface area (Å²) >= 11 is 1.79. The predicted octanol–water partition coefficient (Wildman–Crippen LogP) is 1.97. The van der Waals surface area contributed by atoms with E-state index < -0.39 is 0 Å². The molecule has 2 aromatic rings. The Labute approximate surface area is 140 Å². The molecule has 5 nitrogen and oxygen atoms in total. The largest absolute Gasteiger partial charge is 0.356 e. The number of hydrogen-bond donors (Lipinski definition) is 2. The molecule has 0 aromatic carbocycles. The van der Waals surface area contributed by atoms with Gasteiger partial charge in [0.1, 0.15) is 0 Å². The minimum Gasteiger partial charge on any atom is -0.356 e. The second-order valence-electron chi connectivity index (χ2n) is 4.02. The monoisotopic (exact) mass is 405 g/mol. The molecule has 0 amide bonds. The van der Waals surface area contributed by atoms with E-state index in [0.717, 1.165) is 32.0 Å². The summed E-state index contributed by atoms with van der Waals surface area (Å²) in [7, 11) is 1.79. The molecule has 0 radical (unpaired) electrons. The first-order chi connectivity index (χ1) is 9.38. The van der Waals surface area contributed by atoms with Gasteiger partial charge in [-0.05, 0) is 23.9 Å². The van der Waals surface area contributed by atoms with Crippen molar-refractivity contribution < 1.29 is 0 Å². The minimum atomic E-state index is 0. The van der Waals surface area contributed by atoms with E-state index in [9.17, 15) is 0 Å². The van der Waals surface area contributed by atoms with Gasteiger partial charge in [0.05, 0.1) is 6.54 Å². The lowest BCUT2D eigenvalue weighted by Gasteiger charge is -2.11. The van der Waals surface area contributed by atoms with Crippen molar-refractivity contribution >= 4 is 41.3 Å².